The van der Waals surface area contributed by atoms with Gasteiger partial charge in [0.05, 0.1) is 10.9 Å². The number of fused-ring (bicyclic) bond motifs is 2. The molecule has 100 valence electrons. The molecule has 19 heavy (non-hydrogen) atoms. The van der Waals surface area contributed by atoms with Gasteiger partial charge in [-0.15, -0.1) is 0 Å². The minimum absolute atomic E-state index is 0.358. The fourth-order valence-electron chi connectivity index (χ4n) is 2.71. The first-order chi connectivity index (χ1) is 9.09. The molecule has 5 heteroatoms. The number of rotatable bonds is 0. The molecule has 0 spiro atoms. The van der Waals surface area contributed by atoms with Gasteiger partial charge in [-0.3, -0.25) is 4.79 Å². The summed E-state index contributed by atoms with van der Waals surface area (Å²) in [6.45, 7) is 0. The Morgan fingerprint density at radius 2 is 1.74 bits per heavy atom. The van der Waals surface area contributed by atoms with Crippen LogP contribution in [-0.4, -0.2) is 4.98 Å². The second kappa shape index (κ2) is 4.40. The molecule has 1 aliphatic carbocycles. The van der Waals surface area contributed by atoms with Gasteiger partial charge < -0.3 is 4.98 Å². The second-order valence-electron chi connectivity index (χ2n) is 4.88. The number of hydrogen-bond acceptors (Lipinski definition) is 1. The molecule has 1 heterocycles. The molecule has 1 aromatic carbocycles. The van der Waals surface area contributed by atoms with Crippen molar-refractivity contribution in [3.8, 4) is 0 Å². The topological polar surface area (TPSA) is 32.9 Å². The van der Waals surface area contributed by atoms with E-state index in [1.807, 2.05) is 0 Å². The Kier molecular flexibility index (Phi) is 2.84. The highest BCUT2D eigenvalue weighted by Gasteiger charge is 2.21. The van der Waals surface area contributed by atoms with Crippen LogP contribution >= 0.6 is 0 Å². The SMILES string of the molecule is O=c1c2c([nH]c3c(F)c(F)cc(F)c13)CCCCC2. The lowest BCUT2D eigenvalue weighted by Gasteiger charge is -2.09. The molecule has 0 unspecified atom stereocenters. The summed E-state index contributed by atoms with van der Waals surface area (Å²) >= 11 is 0. The molecule has 0 aliphatic heterocycles. The standard InChI is InChI=1S/C14H12F3NO/c15-8-6-9(16)12(17)13-11(8)14(19)7-4-2-1-3-5-10(7)18-13/h6H,1-5H2,(H,18,19). The van der Waals surface area contributed by atoms with Crippen LogP contribution in [0.1, 0.15) is 30.5 Å². The van der Waals surface area contributed by atoms with Crippen molar-refractivity contribution in [3.05, 3.63) is 45.0 Å². The van der Waals surface area contributed by atoms with E-state index in [0.717, 1.165) is 19.3 Å². The summed E-state index contributed by atoms with van der Waals surface area (Å²) in [5, 5.41) is -0.375. The summed E-state index contributed by atoms with van der Waals surface area (Å²) in [7, 11) is 0. The van der Waals surface area contributed by atoms with Crippen LogP contribution in [0, 0.1) is 17.5 Å². The fourth-order valence-corrected chi connectivity index (χ4v) is 2.71. The Labute approximate surface area is 107 Å². The monoisotopic (exact) mass is 267 g/mol. The predicted octanol–water partition coefficient (Wildman–Crippen LogP) is 3.21. The molecule has 0 saturated carbocycles. The van der Waals surface area contributed by atoms with Crippen LogP contribution in [0.2, 0.25) is 0 Å². The lowest BCUT2D eigenvalue weighted by atomic mass is 10.0. The first kappa shape index (κ1) is 12.3. The molecule has 0 amide bonds. The van der Waals surface area contributed by atoms with Crippen LogP contribution in [0.3, 0.4) is 0 Å². The molecule has 0 bridgehead atoms. The van der Waals surface area contributed by atoms with E-state index >= 15 is 0 Å². The van der Waals surface area contributed by atoms with Crippen molar-refractivity contribution in [2.24, 2.45) is 0 Å². The van der Waals surface area contributed by atoms with Crippen LogP contribution in [-0.2, 0) is 12.8 Å². The molecule has 0 radical (unpaired) electrons. The summed E-state index contributed by atoms with van der Waals surface area (Å²) in [6.07, 6.45) is 3.87. The minimum atomic E-state index is -1.28. The van der Waals surface area contributed by atoms with Crippen molar-refractivity contribution in [2.45, 2.75) is 32.1 Å². The number of nitrogens with one attached hydrogen (secondary N) is 1. The third-order valence-corrected chi connectivity index (χ3v) is 3.67. The molecule has 2 aromatic rings. The van der Waals surface area contributed by atoms with Gasteiger partial charge >= 0.3 is 0 Å². The molecule has 0 saturated heterocycles. The Morgan fingerprint density at radius 1 is 1.00 bits per heavy atom. The summed E-state index contributed by atoms with van der Waals surface area (Å²) in [5.74, 6) is -3.49. The van der Waals surface area contributed by atoms with Gasteiger partial charge in [-0.25, -0.2) is 13.2 Å². The quantitative estimate of drug-likeness (QED) is 0.577. The summed E-state index contributed by atoms with van der Waals surface area (Å²) in [5.41, 5.74) is 0.249. The highest BCUT2D eigenvalue weighted by Crippen LogP contribution is 2.24. The normalized spacial score (nSPS) is 15.3. The van der Waals surface area contributed by atoms with Gasteiger partial charge in [-0.1, -0.05) is 6.42 Å². The van der Waals surface area contributed by atoms with Crippen molar-refractivity contribution in [2.75, 3.05) is 0 Å². The van der Waals surface area contributed by atoms with Crippen molar-refractivity contribution >= 4 is 10.9 Å². The van der Waals surface area contributed by atoms with E-state index in [9.17, 15) is 18.0 Å². The first-order valence-electron chi connectivity index (χ1n) is 6.31. The van der Waals surface area contributed by atoms with E-state index in [0.29, 0.717) is 30.2 Å². The Hall–Kier alpha value is -1.78. The van der Waals surface area contributed by atoms with Crippen molar-refractivity contribution in [1.82, 2.24) is 4.98 Å². The number of halogens is 3. The molecule has 0 atom stereocenters. The number of pyridine rings is 1. The van der Waals surface area contributed by atoms with E-state index in [-0.39, 0.29) is 10.9 Å². The average molecular weight is 267 g/mol. The highest BCUT2D eigenvalue weighted by atomic mass is 19.2. The van der Waals surface area contributed by atoms with Crippen LogP contribution in [0.4, 0.5) is 13.2 Å². The summed E-state index contributed by atoms with van der Waals surface area (Å²) < 4.78 is 40.7. The third kappa shape index (κ3) is 1.84. The fraction of sp³-hybridized carbons (Fsp3) is 0.357. The molecule has 1 aliphatic rings. The summed E-state index contributed by atoms with van der Waals surface area (Å²) in [4.78, 5) is 15.0. The lowest BCUT2D eigenvalue weighted by molar-refractivity contribution is 0.503. The zero-order valence-corrected chi connectivity index (χ0v) is 10.2. The van der Waals surface area contributed by atoms with E-state index in [4.69, 9.17) is 0 Å². The molecule has 2 nitrogen and oxygen atoms in total. The highest BCUT2D eigenvalue weighted by molar-refractivity contribution is 5.81. The van der Waals surface area contributed by atoms with Crippen molar-refractivity contribution < 1.29 is 13.2 Å². The maximum absolute atomic E-state index is 13.7. The number of aromatic amines is 1. The maximum atomic E-state index is 13.7. The average Bonchev–Trinajstić information content (AvgIpc) is 2.61. The molecule has 1 aromatic heterocycles. The second-order valence-corrected chi connectivity index (χ2v) is 4.88. The molecule has 1 N–H and O–H groups in total. The zero-order valence-electron chi connectivity index (χ0n) is 10.2. The lowest BCUT2D eigenvalue weighted by Crippen LogP contribution is -2.16. The van der Waals surface area contributed by atoms with E-state index in [1.54, 1.807) is 0 Å². The predicted molar refractivity (Wildman–Crippen MR) is 65.7 cm³/mol. The number of aryl methyl sites for hydroxylation is 1. The first-order valence-corrected chi connectivity index (χ1v) is 6.31. The van der Waals surface area contributed by atoms with Crippen molar-refractivity contribution in [1.29, 1.82) is 0 Å². The van der Waals surface area contributed by atoms with Gasteiger partial charge in [0, 0.05) is 17.3 Å². The Morgan fingerprint density at radius 3 is 2.53 bits per heavy atom. The van der Waals surface area contributed by atoms with Gasteiger partial charge in [0.25, 0.3) is 0 Å². The largest absolute Gasteiger partial charge is 0.355 e. The maximum Gasteiger partial charge on any atom is 0.195 e. The van der Waals surface area contributed by atoms with Crippen LogP contribution in [0.15, 0.2) is 10.9 Å². The van der Waals surface area contributed by atoms with Gasteiger partial charge in [0.1, 0.15) is 5.82 Å². The Balaban J connectivity index is 2.44. The molecular formula is C14H12F3NO. The number of hydrogen-bond donors (Lipinski definition) is 1. The molecule has 3 rings (SSSR count). The number of H-pyrrole nitrogens is 1. The zero-order chi connectivity index (χ0) is 13.6. The van der Waals surface area contributed by atoms with E-state index in [2.05, 4.69) is 4.98 Å². The number of benzene rings is 1. The van der Waals surface area contributed by atoms with E-state index < -0.39 is 22.9 Å². The molecule has 0 fully saturated rings. The van der Waals surface area contributed by atoms with Gasteiger partial charge in [0.2, 0.25) is 0 Å². The van der Waals surface area contributed by atoms with Crippen LogP contribution < -0.4 is 5.43 Å². The van der Waals surface area contributed by atoms with Gasteiger partial charge in [-0.2, -0.15) is 0 Å². The van der Waals surface area contributed by atoms with Crippen molar-refractivity contribution in [3.63, 3.8) is 0 Å². The van der Waals surface area contributed by atoms with E-state index in [1.165, 1.54) is 0 Å². The minimum Gasteiger partial charge on any atom is -0.355 e. The van der Waals surface area contributed by atoms with Gasteiger partial charge in [0.15, 0.2) is 17.1 Å². The Bertz CT molecular complexity index is 721. The number of aromatic nitrogens is 1. The summed E-state index contributed by atoms with van der Waals surface area (Å²) in [6, 6.07) is 0.427. The molecular weight excluding hydrogens is 255 g/mol. The van der Waals surface area contributed by atoms with Gasteiger partial charge in [-0.05, 0) is 25.7 Å². The smallest absolute Gasteiger partial charge is 0.195 e. The third-order valence-electron chi connectivity index (χ3n) is 3.67. The van der Waals surface area contributed by atoms with Crippen LogP contribution in [0.25, 0.3) is 10.9 Å². The van der Waals surface area contributed by atoms with Crippen LogP contribution in [0.5, 0.6) is 0 Å².